The van der Waals surface area contributed by atoms with Gasteiger partial charge in [0.1, 0.15) is 6.04 Å². The van der Waals surface area contributed by atoms with Gasteiger partial charge in [-0.15, -0.1) is 0 Å². The predicted molar refractivity (Wildman–Crippen MR) is 62.2 cm³/mol. The molecular formula is C11H18N2O5. The summed E-state index contributed by atoms with van der Waals surface area (Å²) in [4.78, 5) is 34.6. The Kier molecular flexibility index (Phi) is 4.94. The summed E-state index contributed by atoms with van der Waals surface area (Å²) in [5.41, 5.74) is 0. The number of hydrogen-bond donors (Lipinski definition) is 3. The largest absolute Gasteiger partial charge is 0.481 e. The first-order chi connectivity index (χ1) is 8.40. The minimum Gasteiger partial charge on any atom is -0.481 e. The molecule has 0 aliphatic carbocycles. The Morgan fingerprint density at radius 2 is 2.06 bits per heavy atom. The Labute approximate surface area is 105 Å². The lowest BCUT2D eigenvalue weighted by Gasteiger charge is -2.31. The fourth-order valence-corrected chi connectivity index (χ4v) is 1.99. The van der Waals surface area contributed by atoms with E-state index >= 15 is 0 Å². The lowest BCUT2D eigenvalue weighted by Crippen LogP contribution is -2.51. The van der Waals surface area contributed by atoms with E-state index in [2.05, 4.69) is 5.32 Å². The van der Waals surface area contributed by atoms with Gasteiger partial charge in [-0.1, -0.05) is 6.92 Å². The highest BCUT2D eigenvalue weighted by atomic mass is 16.4. The highest BCUT2D eigenvalue weighted by Crippen LogP contribution is 2.15. The molecule has 2 atom stereocenters. The van der Waals surface area contributed by atoms with Gasteiger partial charge in [-0.2, -0.15) is 0 Å². The zero-order valence-corrected chi connectivity index (χ0v) is 10.3. The van der Waals surface area contributed by atoms with E-state index in [1.54, 1.807) is 0 Å². The second kappa shape index (κ2) is 6.23. The van der Waals surface area contributed by atoms with Crippen LogP contribution in [-0.4, -0.2) is 52.2 Å². The van der Waals surface area contributed by atoms with Crippen molar-refractivity contribution in [3.05, 3.63) is 0 Å². The molecule has 3 N–H and O–H groups in total. The number of piperidine rings is 1. The van der Waals surface area contributed by atoms with Crippen molar-refractivity contribution in [3.8, 4) is 0 Å². The maximum absolute atomic E-state index is 11.8. The van der Waals surface area contributed by atoms with E-state index in [4.69, 9.17) is 10.2 Å². The van der Waals surface area contributed by atoms with Crippen LogP contribution >= 0.6 is 0 Å². The van der Waals surface area contributed by atoms with E-state index < -0.39 is 30.4 Å². The van der Waals surface area contributed by atoms with Gasteiger partial charge in [0.15, 0.2) is 0 Å². The Morgan fingerprint density at radius 3 is 2.56 bits per heavy atom. The van der Waals surface area contributed by atoms with Gasteiger partial charge >= 0.3 is 18.0 Å². The second-order valence-electron chi connectivity index (χ2n) is 4.63. The number of carbonyl (C=O) groups excluding carboxylic acids is 1. The molecule has 1 unspecified atom stereocenters. The number of amides is 2. The topological polar surface area (TPSA) is 107 Å². The molecule has 0 spiro atoms. The minimum absolute atomic E-state index is 0.382. The summed E-state index contributed by atoms with van der Waals surface area (Å²) in [5.74, 6) is -2.21. The standard InChI is InChI=1S/C11H18N2O5/c1-7-3-2-4-13(6-7)11(18)12-8(10(16)17)5-9(14)15/h7-8H,2-6H2,1H3,(H,12,18)(H,14,15)(H,16,17)/t7?,8-/m0/s1. The van der Waals surface area contributed by atoms with Gasteiger partial charge in [0.25, 0.3) is 0 Å². The van der Waals surface area contributed by atoms with E-state index in [9.17, 15) is 14.4 Å². The normalized spacial score (nSPS) is 21.2. The quantitative estimate of drug-likeness (QED) is 0.674. The van der Waals surface area contributed by atoms with E-state index in [1.807, 2.05) is 6.92 Å². The van der Waals surface area contributed by atoms with Crippen molar-refractivity contribution in [3.63, 3.8) is 0 Å². The number of urea groups is 1. The molecule has 0 saturated carbocycles. The summed E-state index contributed by atoms with van der Waals surface area (Å²) in [6.45, 7) is 3.17. The first-order valence-corrected chi connectivity index (χ1v) is 5.90. The number of hydrogen-bond acceptors (Lipinski definition) is 3. The van der Waals surface area contributed by atoms with Crippen LogP contribution in [0.3, 0.4) is 0 Å². The third-order valence-corrected chi connectivity index (χ3v) is 2.92. The average molecular weight is 258 g/mol. The lowest BCUT2D eigenvalue weighted by atomic mass is 10.0. The van der Waals surface area contributed by atoms with E-state index in [1.165, 1.54) is 4.90 Å². The van der Waals surface area contributed by atoms with Gasteiger partial charge in [-0.05, 0) is 18.8 Å². The second-order valence-corrected chi connectivity index (χ2v) is 4.63. The van der Waals surface area contributed by atoms with E-state index in [-0.39, 0.29) is 0 Å². The molecule has 1 fully saturated rings. The minimum atomic E-state index is -1.38. The molecule has 0 aromatic heterocycles. The van der Waals surface area contributed by atoms with Crippen molar-refractivity contribution >= 4 is 18.0 Å². The van der Waals surface area contributed by atoms with Gasteiger partial charge < -0.3 is 20.4 Å². The molecule has 0 aromatic carbocycles. The van der Waals surface area contributed by atoms with Crippen molar-refractivity contribution < 1.29 is 24.6 Å². The van der Waals surface area contributed by atoms with Crippen molar-refractivity contribution in [2.24, 2.45) is 5.92 Å². The fourth-order valence-electron chi connectivity index (χ4n) is 1.99. The number of carboxylic acid groups (broad SMARTS) is 2. The first-order valence-electron chi connectivity index (χ1n) is 5.90. The Hall–Kier alpha value is -1.79. The molecular weight excluding hydrogens is 240 g/mol. The maximum Gasteiger partial charge on any atom is 0.326 e. The number of rotatable bonds is 4. The van der Waals surface area contributed by atoms with Crippen LogP contribution in [0, 0.1) is 5.92 Å². The van der Waals surface area contributed by atoms with Crippen LogP contribution in [0.15, 0.2) is 0 Å². The highest BCUT2D eigenvalue weighted by molar-refractivity contribution is 5.86. The number of carboxylic acids is 2. The Balaban J connectivity index is 2.54. The number of likely N-dealkylation sites (tertiary alicyclic amines) is 1. The van der Waals surface area contributed by atoms with E-state index in [0.717, 1.165) is 12.8 Å². The van der Waals surface area contributed by atoms with Crippen LogP contribution < -0.4 is 5.32 Å². The van der Waals surface area contributed by atoms with Gasteiger partial charge in [-0.3, -0.25) is 4.79 Å². The molecule has 1 aliphatic heterocycles. The van der Waals surface area contributed by atoms with Gasteiger partial charge in [0, 0.05) is 13.1 Å². The fraction of sp³-hybridized carbons (Fsp3) is 0.727. The van der Waals surface area contributed by atoms with Crippen LogP contribution in [-0.2, 0) is 9.59 Å². The smallest absolute Gasteiger partial charge is 0.326 e. The highest BCUT2D eigenvalue weighted by Gasteiger charge is 2.27. The molecule has 102 valence electrons. The lowest BCUT2D eigenvalue weighted by molar-refractivity contribution is -0.145. The molecule has 1 aliphatic rings. The third kappa shape index (κ3) is 4.23. The van der Waals surface area contributed by atoms with Gasteiger partial charge in [0.2, 0.25) is 0 Å². The van der Waals surface area contributed by atoms with Crippen LogP contribution in [0.5, 0.6) is 0 Å². The van der Waals surface area contributed by atoms with Crippen LogP contribution in [0.1, 0.15) is 26.2 Å². The Morgan fingerprint density at radius 1 is 1.39 bits per heavy atom. The van der Waals surface area contributed by atoms with Crippen molar-refractivity contribution in [1.29, 1.82) is 0 Å². The molecule has 7 nitrogen and oxygen atoms in total. The van der Waals surface area contributed by atoms with Crippen molar-refractivity contribution in [2.45, 2.75) is 32.2 Å². The first kappa shape index (κ1) is 14.3. The van der Waals surface area contributed by atoms with Crippen molar-refractivity contribution in [1.82, 2.24) is 10.2 Å². The summed E-state index contributed by atoms with van der Waals surface area (Å²) in [6.07, 6.45) is 1.30. The number of nitrogens with zero attached hydrogens (tertiary/aromatic N) is 1. The number of aliphatic carboxylic acids is 2. The maximum atomic E-state index is 11.8. The molecule has 1 saturated heterocycles. The summed E-state index contributed by atoms with van der Waals surface area (Å²) in [5, 5.41) is 19.6. The Bertz CT molecular complexity index is 344. The molecule has 18 heavy (non-hydrogen) atoms. The molecule has 1 rings (SSSR count). The summed E-state index contributed by atoms with van der Waals surface area (Å²) in [7, 11) is 0. The number of carbonyl (C=O) groups is 3. The molecule has 0 bridgehead atoms. The monoisotopic (exact) mass is 258 g/mol. The van der Waals surface area contributed by atoms with E-state index in [0.29, 0.717) is 19.0 Å². The summed E-state index contributed by atoms with van der Waals surface area (Å²) in [6, 6.07) is -1.89. The number of nitrogens with one attached hydrogen (secondary N) is 1. The van der Waals surface area contributed by atoms with Crippen LogP contribution in [0.4, 0.5) is 4.79 Å². The average Bonchev–Trinajstić information content (AvgIpc) is 2.27. The molecule has 2 amide bonds. The zero-order chi connectivity index (χ0) is 13.7. The third-order valence-electron chi connectivity index (χ3n) is 2.92. The molecule has 1 heterocycles. The molecule has 0 aromatic rings. The van der Waals surface area contributed by atoms with Gasteiger partial charge in [0.05, 0.1) is 6.42 Å². The summed E-state index contributed by atoms with van der Waals surface area (Å²) < 4.78 is 0. The predicted octanol–water partition coefficient (Wildman–Crippen LogP) is 0.356. The van der Waals surface area contributed by atoms with Crippen molar-refractivity contribution in [2.75, 3.05) is 13.1 Å². The van der Waals surface area contributed by atoms with Crippen LogP contribution in [0.25, 0.3) is 0 Å². The molecule has 0 radical (unpaired) electrons. The molecule has 7 heteroatoms. The SMILES string of the molecule is CC1CCCN(C(=O)N[C@@H](CC(=O)O)C(=O)O)C1. The van der Waals surface area contributed by atoms with Gasteiger partial charge in [-0.25, -0.2) is 9.59 Å². The van der Waals surface area contributed by atoms with Crippen LogP contribution in [0.2, 0.25) is 0 Å². The summed E-state index contributed by atoms with van der Waals surface area (Å²) >= 11 is 0. The zero-order valence-electron chi connectivity index (χ0n) is 10.3.